The summed E-state index contributed by atoms with van der Waals surface area (Å²) in [6.45, 7) is 1.65. The number of carbonyl (C=O) groups excluding carboxylic acids is 2. The predicted octanol–water partition coefficient (Wildman–Crippen LogP) is 3.71. The normalized spacial score (nSPS) is 14.9. The fraction of sp³-hybridized carbons (Fsp3) is 0.192. The van der Waals surface area contributed by atoms with Crippen LogP contribution in [0.1, 0.15) is 26.3 Å². The Morgan fingerprint density at radius 1 is 0.970 bits per heavy atom. The molecule has 0 N–H and O–H groups in total. The minimum absolute atomic E-state index is 0.0370. The van der Waals surface area contributed by atoms with E-state index in [1.165, 1.54) is 0 Å². The van der Waals surface area contributed by atoms with Gasteiger partial charge in [0.25, 0.3) is 0 Å². The highest BCUT2D eigenvalue weighted by atomic mass is 16.5. The zero-order valence-electron chi connectivity index (χ0n) is 18.4. The Morgan fingerprint density at radius 2 is 1.70 bits per heavy atom. The highest BCUT2D eigenvalue weighted by molar-refractivity contribution is 6.27. The van der Waals surface area contributed by atoms with E-state index in [0.717, 1.165) is 12.1 Å². The molecule has 0 saturated carbocycles. The summed E-state index contributed by atoms with van der Waals surface area (Å²) in [4.78, 5) is 35.2. The summed E-state index contributed by atoms with van der Waals surface area (Å²) in [5.41, 5.74) is 2.48. The molecule has 3 aromatic rings. The molecule has 0 saturated heterocycles. The molecule has 7 nitrogen and oxygen atoms in total. The number of para-hydroxylation sites is 1. The van der Waals surface area contributed by atoms with Gasteiger partial charge < -0.3 is 19.3 Å². The number of rotatable bonds is 5. The zero-order valence-corrected chi connectivity index (χ0v) is 18.4. The third-order valence-corrected chi connectivity index (χ3v) is 5.66. The lowest BCUT2D eigenvalue weighted by atomic mass is 9.90. The summed E-state index contributed by atoms with van der Waals surface area (Å²) in [7, 11) is 3.95. The topological polar surface area (TPSA) is 72.0 Å². The summed E-state index contributed by atoms with van der Waals surface area (Å²) in [6.07, 6.45) is 1.65. The number of Topliss-reactive ketones (excluding diaryl/α,β-unsaturated/α-hetero) is 2. The van der Waals surface area contributed by atoms with E-state index in [2.05, 4.69) is 4.98 Å². The van der Waals surface area contributed by atoms with Gasteiger partial charge in [0, 0.05) is 29.3 Å². The highest BCUT2D eigenvalue weighted by Gasteiger charge is 2.39. The van der Waals surface area contributed by atoms with Crippen LogP contribution in [-0.2, 0) is 6.54 Å². The van der Waals surface area contributed by atoms with Gasteiger partial charge in [0.2, 0.25) is 23.2 Å². The molecule has 1 aromatic heterocycles. The van der Waals surface area contributed by atoms with Gasteiger partial charge in [0.1, 0.15) is 18.1 Å². The van der Waals surface area contributed by atoms with Crippen molar-refractivity contribution in [1.29, 1.82) is 0 Å². The van der Waals surface area contributed by atoms with Crippen molar-refractivity contribution in [3.63, 3.8) is 0 Å². The lowest BCUT2D eigenvalue weighted by Crippen LogP contribution is -2.34. The molecule has 5 rings (SSSR count). The Kier molecular flexibility index (Phi) is 5.40. The van der Waals surface area contributed by atoms with Crippen LogP contribution in [0.3, 0.4) is 0 Å². The molecule has 2 aliphatic rings. The molecule has 0 amide bonds. The molecule has 0 unspecified atom stereocenters. The maximum atomic E-state index is 13.6. The van der Waals surface area contributed by atoms with Crippen molar-refractivity contribution in [3.05, 3.63) is 95.0 Å². The molecule has 166 valence electrons. The van der Waals surface area contributed by atoms with Gasteiger partial charge in [0.15, 0.2) is 0 Å². The number of pyridine rings is 1. The number of benzene rings is 2. The van der Waals surface area contributed by atoms with Gasteiger partial charge in [-0.15, -0.1) is 0 Å². The van der Waals surface area contributed by atoms with E-state index in [1.54, 1.807) is 41.4 Å². The number of likely N-dealkylation sites (N-methyl/N-ethyl adjacent to an activating group) is 1. The lowest BCUT2D eigenvalue weighted by Gasteiger charge is -2.28. The number of hydrogen-bond donors (Lipinski definition) is 0. The second kappa shape index (κ2) is 8.52. The second-order valence-electron chi connectivity index (χ2n) is 8.18. The zero-order chi connectivity index (χ0) is 22.9. The number of hydrogen-bond acceptors (Lipinski definition) is 7. The molecule has 0 atom stereocenters. The third kappa shape index (κ3) is 3.87. The average molecular weight is 441 g/mol. The van der Waals surface area contributed by atoms with Crippen molar-refractivity contribution < 1.29 is 19.1 Å². The number of ether oxygens (including phenoxy) is 2. The predicted molar refractivity (Wildman–Crippen MR) is 124 cm³/mol. The van der Waals surface area contributed by atoms with E-state index >= 15 is 0 Å². The SMILES string of the molecule is CN(C)CCOc1ccc(N2Cc3ccccc3OC3=C2C(=O)c2ccccc2C3=O)cn1. The lowest BCUT2D eigenvalue weighted by molar-refractivity contribution is 0.0936. The van der Waals surface area contributed by atoms with E-state index in [1.807, 2.05) is 49.3 Å². The van der Waals surface area contributed by atoms with Crippen LogP contribution in [0.15, 0.2) is 78.3 Å². The first-order chi connectivity index (χ1) is 16.0. The van der Waals surface area contributed by atoms with E-state index < -0.39 is 0 Å². The number of allylic oxidation sites excluding steroid dienone is 2. The van der Waals surface area contributed by atoms with Gasteiger partial charge in [-0.2, -0.15) is 0 Å². The van der Waals surface area contributed by atoms with Crippen LogP contribution in [0, 0.1) is 0 Å². The van der Waals surface area contributed by atoms with Crippen LogP contribution in [0.4, 0.5) is 5.69 Å². The standard InChI is InChI=1S/C26H23N3O4/c1-28(2)13-14-32-22-12-11-18(15-27-22)29-16-17-7-3-6-10-21(17)33-26-23(29)24(30)19-8-4-5-9-20(19)25(26)31/h3-12,15H,13-14,16H2,1-2H3. The van der Waals surface area contributed by atoms with Gasteiger partial charge in [0.05, 0.1) is 18.4 Å². The van der Waals surface area contributed by atoms with Gasteiger partial charge in [-0.25, -0.2) is 4.98 Å². The number of carbonyl (C=O) groups is 2. The Balaban J connectivity index is 1.56. The molecular formula is C26H23N3O4. The smallest absolute Gasteiger partial charge is 0.231 e. The molecule has 0 bridgehead atoms. The average Bonchev–Trinajstić information content (AvgIpc) is 3.00. The molecule has 7 heteroatoms. The summed E-state index contributed by atoms with van der Waals surface area (Å²) in [6, 6.07) is 17.9. The molecule has 2 aromatic carbocycles. The fourth-order valence-electron chi connectivity index (χ4n) is 3.94. The Morgan fingerprint density at radius 3 is 2.42 bits per heavy atom. The van der Waals surface area contributed by atoms with Crippen LogP contribution >= 0.6 is 0 Å². The van der Waals surface area contributed by atoms with Crippen molar-refractivity contribution in [2.75, 3.05) is 32.1 Å². The van der Waals surface area contributed by atoms with Crippen molar-refractivity contribution in [3.8, 4) is 11.6 Å². The highest BCUT2D eigenvalue weighted by Crippen LogP contribution is 2.38. The van der Waals surface area contributed by atoms with Crippen molar-refractivity contribution in [2.24, 2.45) is 0 Å². The molecule has 0 radical (unpaired) electrons. The van der Waals surface area contributed by atoms with E-state index in [9.17, 15) is 9.59 Å². The van der Waals surface area contributed by atoms with Crippen molar-refractivity contribution in [2.45, 2.75) is 6.54 Å². The number of anilines is 1. The molecule has 1 aliphatic heterocycles. The maximum Gasteiger partial charge on any atom is 0.231 e. The van der Waals surface area contributed by atoms with Gasteiger partial charge in [-0.05, 0) is 26.2 Å². The summed E-state index contributed by atoms with van der Waals surface area (Å²) in [5, 5.41) is 0. The third-order valence-electron chi connectivity index (χ3n) is 5.66. The van der Waals surface area contributed by atoms with Crippen molar-refractivity contribution >= 4 is 17.3 Å². The number of ketones is 2. The molecule has 0 spiro atoms. The first kappa shape index (κ1) is 20.9. The van der Waals surface area contributed by atoms with E-state index in [-0.39, 0.29) is 23.0 Å². The van der Waals surface area contributed by atoms with Crippen LogP contribution < -0.4 is 14.4 Å². The van der Waals surface area contributed by atoms with Gasteiger partial charge in [-0.1, -0.05) is 42.5 Å². The quantitative estimate of drug-likeness (QED) is 0.598. The summed E-state index contributed by atoms with van der Waals surface area (Å²) in [5.74, 6) is 0.537. The number of fused-ring (bicyclic) bond motifs is 2. The first-order valence-electron chi connectivity index (χ1n) is 10.7. The largest absolute Gasteiger partial charge is 0.476 e. The summed E-state index contributed by atoms with van der Waals surface area (Å²) >= 11 is 0. The Hall–Kier alpha value is -3.97. The molecule has 0 fully saturated rings. The van der Waals surface area contributed by atoms with Gasteiger partial charge >= 0.3 is 0 Å². The maximum absolute atomic E-state index is 13.6. The first-order valence-corrected chi connectivity index (χ1v) is 10.7. The van der Waals surface area contributed by atoms with Crippen LogP contribution in [0.25, 0.3) is 0 Å². The second-order valence-corrected chi connectivity index (χ2v) is 8.18. The molecule has 33 heavy (non-hydrogen) atoms. The fourth-order valence-corrected chi connectivity index (χ4v) is 3.94. The Bertz CT molecular complexity index is 1260. The van der Waals surface area contributed by atoms with Crippen molar-refractivity contribution in [1.82, 2.24) is 9.88 Å². The molecule has 1 aliphatic carbocycles. The van der Waals surface area contributed by atoms with Crippen LogP contribution in [0.5, 0.6) is 11.6 Å². The monoisotopic (exact) mass is 441 g/mol. The molecular weight excluding hydrogens is 418 g/mol. The number of nitrogens with zero attached hydrogens (tertiary/aromatic N) is 3. The minimum Gasteiger partial charge on any atom is -0.476 e. The van der Waals surface area contributed by atoms with E-state index in [0.29, 0.717) is 41.6 Å². The minimum atomic E-state index is -0.307. The molecule has 2 heterocycles. The summed E-state index contributed by atoms with van der Waals surface area (Å²) < 4.78 is 11.8. The Labute approximate surface area is 191 Å². The number of aromatic nitrogens is 1. The van der Waals surface area contributed by atoms with Crippen LogP contribution in [-0.4, -0.2) is 48.7 Å². The van der Waals surface area contributed by atoms with Crippen LogP contribution in [0.2, 0.25) is 0 Å². The van der Waals surface area contributed by atoms with Gasteiger partial charge in [-0.3, -0.25) is 9.59 Å². The van der Waals surface area contributed by atoms with E-state index in [4.69, 9.17) is 9.47 Å².